The summed E-state index contributed by atoms with van der Waals surface area (Å²) in [6.45, 7) is 2.72. The van der Waals surface area contributed by atoms with Crippen molar-refractivity contribution in [3.05, 3.63) is 58.4 Å². The van der Waals surface area contributed by atoms with Gasteiger partial charge in [-0.2, -0.15) is 5.10 Å². The van der Waals surface area contributed by atoms with Gasteiger partial charge in [0, 0.05) is 31.1 Å². The van der Waals surface area contributed by atoms with Crippen molar-refractivity contribution in [1.29, 1.82) is 0 Å². The second-order valence-corrected chi connectivity index (χ2v) is 4.55. The number of hydrogen-bond acceptors (Lipinski definition) is 4. The van der Waals surface area contributed by atoms with E-state index in [0.29, 0.717) is 0 Å². The lowest BCUT2D eigenvalue weighted by Crippen LogP contribution is -2.19. The van der Waals surface area contributed by atoms with Crippen molar-refractivity contribution in [3.63, 3.8) is 0 Å². The third-order valence-electron chi connectivity index (χ3n) is 3.04. The molecule has 0 bridgehead atoms. The monoisotopic (exact) mass is 274 g/mol. The van der Waals surface area contributed by atoms with Gasteiger partial charge in [0.1, 0.15) is 0 Å². The zero-order valence-corrected chi connectivity index (χ0v) is 11.2. The third kappa shape index (κ3) is 4.47. The molecule has 0 unspecified atom stereocenters. The van der Waals surface area contributed by atoms with E-state index in [1.165, 1.54) is 0 Å². The maximum absolute atomic E-state index is 10.5. The second kappa shape index (κ2) is 7.40. The lowest BCUT2D eigenvalue weighted by Gasteiger charge is -2.05. The van der Waals surface area contributed by atoms with Crippen molar-refractivity contribution >= 4 is 5.69 Å². The van der Waals surface area contributed by atoms with E-state index in [9.17, 15) is 10.1 Å². The van der Waals surface area contributed by atoms with Crippen molar-refractivity contribution in [1.82, 2.24) is 15.1 Å². The molecule has 0 amide bonds. The van der Waals surface area contributed by atoms with Crippen molar-refractivity contribution < 1.29 is 4.92 Å². The average Bonchev–Trinajstić information content (AvgIpc) is 2.96. The van der Waals surface area contributed by atoms with E-state index in [2.05, 4.69) is 10.4 Å². The molecule has 0 aliphatic carbocycles. The number of nitro benzene ring substituents is 1. The first-order chi connectivity index (χ1) is 9.75. The average molecular weight is 274 g/mol. The lowest BCUT2D eigenvalue weighted by molar-refractivity contribution is -0.384. The summed E-state index contributed by atoms with van der Waals surface area (Å²) in [7, 11) is 0. The van der Waals surface area contributed by atoms with Crippen LogP contribution in [-0.2, 0) is 13.0 Å². The molecule has 0 saturated heterocycles. The van der Waals surface area contributed by atoms with Crippen LogP contribution in [0.1, 0.15) is 12.0 Å². The minimum atomic E-state index is -0.378. The van der Waals surface area contributed by atoms with E-state index < -0.39 is 0 Å². The van der Waals surface area contributed by atoms with E-state index in [1.807, 2.05) is 29.1 Å². The van der Waals surface area contributed by atoms with Gasteiger partial charge in [-0.1, -0.05) is 12.1 Å². The fourth-order valence-electron chi connectivity index (χ4n) is 1.94. The van der Waals surface area contributed by atoms with Gasteiger partial charge < -0.3 is 5.32 Å². The van der Waals surface area contributed by atoms with Crippen molar-refractivity contribution in [2.24, 2.45) is 0 Å². The number of nitrogens with zero attached hydrogens (tertiary/aromatic N) is 3. The molecule has 0 aliphatic rings. The smallest absolute Gasteiger partial charge is 0.269 e. The van der Waals surface area contributed by atoms with Crippen molar-refractivity contribution in [2.45, 2.75) is 19.4 Å². The van der Waals surface area contributed by atoms with Crippen LogP contribution in [0.15, 0.2) is 42.7 Å². The van der Waals surface area contributed by atoms with E-state index in [1.54, 1.807) is 18.3 Å². The van der Waals surface area contributed by atoms with Gasteiger partial charge in [0.2, 0.25) is 0 Å². The molecule has 0 fully saturated rings. The quantitative estimate of drug-likeness (QED) is 0.454. The molecule has 106 valence electrons. The summed E-state index contributed by atoms with van der Waals surface area (Å²) in [5.74, 6) is 0. The SMILES string of the molecule is O=[N+]([O-])c1ccc(CCNCCCn2cccn2)cc1. The van der Waals surface area contributed by atoms with Gasteiger partial charge in [-0.25, -0.2) is 0 Å². The molecule has 1 heterocycles. The zero-order valence-electron chi connectivity index (χ0n) is 11.2. The zero-order chi connectivity index (χ0) is 14.2. The molecule has 2 aromatic rings. The van der Waals surface area contributed by atoms with Crippen LogP contribution in [0, 0.1) is 10.1 Å². The summed E-state index contributed by atoms with van der Waals surface area (Å²) in [5, 5.41) is 18.0. The Balaban J connectivity index is 1.59. The van der Waals surface area contributed by atoms with Gasteiger partial charge in [-0.15, -0.1) is 0 Å². The topological polar surface area (TPSA) is 73.0 Å². The van der Waals surface area contributed by atoms with E-state index in [4.69, 9.17) is 0 Å². The van der Waals surface area contributed by atoms with E-state index in [-0.39, 0.29) is 10.6 Å². The van der Waals surface area contributed by atoms with Gasteiger partial charge in [-0.05, 0) is 37.6 Å². The molecular formula is C14H18N4O2. The first kappa shape index (κ1) is 14.2. The molecule has 1 aromatic heterocycles. The van der Waals surface area contributed by atoms with Crippen LogP contribution in [0.4, 0.5) is 5.69 Å². The summed E-state index contributed by atoms with van der Waals surface area (Å²) in [5.41, 5.74) is 1.25. The molecule has 20 heavy (non-hydrogen) atoms. The van der Waals surface area contributed by atoms with Crippen molar-refractivity contribution in [2.75, 3.05) is 13.1 Å². The maximum atomic E-state index is 10.5. The van der Waals surface area contributed by atoms with Gasteiger partial charge >= 0.3 is 0 Å². The lowest BCUT2D eigenvalue weighted by atomic mass is 10.1. The fourth-order valence-corrected chi connectivity index (χ4v) is 1.94. The number of non-ortho nitro benzene ring substituents is 1. The molecule has 6 nitrogen and oxygen atoms in total. The van der Waals surface area contributed by atoms with E-state index in [0.717, 1.165) is 38.0 Å². The second-order valence-electron chi connectivity index (χ2n) is 4.55. The fraction of sp³-hybridized carbons (Fsp3) is 0.357. The normalized spacial score (nSPS) is 10.6. The number of nitro groups is 1. The summed E-state index contributed by atoms with van der Waals surface area (Å²) in [6, 6.07) is 8.63. The number of aryl methyl sites for hydroxylation is 1. The molecule has 0 aliphatic heterocycles. The number of hydrogen-bond donors (Lipinski definition) is 1. The van der Waals surface area contributed by atoms with E-state index >= 15 is 0 Å². The summed E-state index contributed by atoms with van der Waals surface area (Å²) in [6.07, 6.45) is 5.64. The largest absolute Gasteiger partial charge is 0.316 e. The molecule has 6 heteroatoms. The molecule has 0 saturated carbocycles. The van der Waals surface area contributed by atoms with Crippen LogP contribution < -0.4 is 5.32 Å². The summed E-state index contributed by atoms with van der Waals surface area (Å²) < 4.78 is 1.91. The molecule has 2 rings (SSSR count). The Hall–Kier alpha value is -2.21. The maximum Gasteiger partial charge on any atom is 0.269 e. The molecule has 1 aromatic carbocycles. The number of benzene rings is 1. The van der Waals surface area contributed by atoms with Crippen molar-refractivity contribution in [3.8, 4) is 0 Å². The predicted octanol–water partition coefficient (Wildman–Crippen LogP) is 2.01. The van der Waals surface area contributed by atoms with Crippen LogP contribution >= 0.6 is 0 Å². The van der Waals surface area contributed by atoms with Crippen LogP contribution in [0.3, 0.4) is 0 Å². The standard InChI is InChI=1S/C14H18N4O2/c19-18(20)14-5-3-13(4-6-14)7-10-15-8-1-11-17-12-2-9-16-17/h2-6,9,12,15H,1,7-8,10-11H2. The van der Waals surface area contributed by atoms with Crippen LogP contribution in [-0.4, -0.2) is 27.8 Å². The molecular weight excluding hydrogens is 256 g/mol. The molecule has 0 radical (unpaired) electrons. The minimum Gasteiger partial charge on any atom is -0.316 e. The third-order valence-corrected chi connectivity index (χ3v) is 3.04. The van der Waals surface area contributed by atoms with Gasteiger partial charge in [0.15, 0.2) is 0 Å². The summed E-state index contributed by atoms with van der Waals surface area (Å²) >= 11 is 0. The highest BCUT2D eigenvalue weighted by atomic mass is 16.6. The highest BCUT2D eigenvalue weighted by Crippen LogP contribution is 2.11. The molecule has 0 spiro atoms. The predicted molar refractivity (Wildman–Crippen MR) is 76.5 cm³/mol. The molecule has 1 N–H and O–H groups in total. The van der Waals surface area contributed by atoms with Crippen LogP contribution in [0.25, 0.3) is 0 Å². The van der Waals surface area contributed by atoms with Crippen LogP contribution in [0.5, 0.6) is 0 Å². The first-order valence-electron chi connectivity index (χ1n) is 6.67. The van der Waals surface area contributed by atoms with Gasteiger partial charge in [-0.3, -0.25) is 14.8 Å². The summed E-state index contributed by atoms with van der Waals surface area (Å²) in [4.78, 5) is 10.2. The Bertz CT molecular complexity index is 523. The first-order valence-corrected chi connectivity index (χ1v) is 6.67. The Kier molecular flexibility index (Phi) is 5.25. The Morgan fingerprint density at radius 2 is 2.05 bits per heavy atom. The number of rotatable bonds is 8. The van der Waals surface area contributed by atoms with Gasteiger partial charge in [0.05, 0.1) is 4.92 Å². The van der Waals surface area contributed by atoms with Gasteiger partial charge in [0.25, 0.3) is 5.69 Å². The Morgan fingerprint density at radius 3 is 2.70 bits per heavy atom. The molecule has 0 atom stereocenters. The highest BCUT2D eigenvalue weighted by Gasteiger charge is 2.03. The number of aromatic nitrogens is 2. The highest BCUT2D eigenvalue weighted by molar-refractivity contribution is 5.32. The minimum absolute atomic E-state index is 0.140. The Labute approximate surface area is 117 Å². The van der Waals surface area contributed by atoms with Crippen LogP contribution in [0.2, 0.25) is 0 Å². The Morgan fingerprint density at radius 1 is 1.25 bits per heavy atom. The number of nitrogens with one attached hydrogen (secondary N) is 1.